The Morgan fingerprint density at radius 2 is 1.21 bits per heavy atom. The molecule has 1 aliphatic heterocycles. The first-order valence-electron chi connectivity index (χ1n) is 16.7. The molecular weight excluding hydrogens is 580 g/mol. The summed E-state index contributed by atoms with van der Waals surface area (Å²) >= 11 is -0.348. The predicted octanol–water partition coefficient (Wildman–Crippen LogP) is 10.8. The van der Waals surface area contributed by atoms with Gasteiger partial charge in [-0.3, -0.25) is 0 Å². The van der Waals surface area contributed by atoms with Crippen molar-refractivity contribution in [2.45, 2.75) is 185 Å². The van der Waals surface area contributed by atoms with E-state index in [1.807, 2.05) is 6.07 Å². The van der Waals surface area contributed by atoms with Gasteiger partial charge in [-0.25, -0.2) is 0 Å². The van der Waals surface area contributed by atoms with Crippen molar-refractivity contribution in [1.29, 1.82) is 0 Å². The summed E-state index contributed by atoms with van der Waals surface area (Å²) in [5.74, 6) is 1.67. The van der Waals surface area contributed by atoms with Gasteiger partial charge in [0.05, 0.1) is 0 Å². The summed E-state index contributed by atoms with van der Waals surface area (Å²) in [5.41, 5.74) is 2.44. The molecule has 0 aliphatic carbocycles. The van der Waals surface area contributed by atoms with Crippen LogP contribution in [0.4, 0.5) is 0 Å². The van der Waals surface area contributed by atoms with E-state index in [0.717, 1.165) is 30.6 Å². The first kappa shape index (κ1) is 33.8. The van der Waals surface area contributed by atoms with Gasteiger partial charge < -0.3 is 0 Å². The molecule has 0 bridgehead atoms. The number of rotatable bonds is 23. The van der Waals surface area contributed by atoms with E-state index in [9.17, 15) is 5.11 Å². The molecule has 0 spiro atoms. The first-order chi connectivity index (χ1) is 18.5. The van der Waals surface area contributed by atoms with Crippen LogP contribution in [0.5, 0.6) is 11.5 Å². The first-order valence-corrected chi connectivity index (χ1v) is 19.5. The van der Waals surface area contributed by atoms with Crippen molar-refractivity contribution >= 4 is 24.5 Å². The fraction of sp³-hybridized carbons (Fsp3) is 0.829. The quantitative estimate of drug-likeness (QED) is 0.0951. The molecule has 0 unspecified atom stereocenters. The second-order valence-corrected chi connectivity index (χ2v) is 15.5. The van der Waals surface area contributed by atoms with Crippen molar-refractivity contribution < 1.29 is 9.84 Å². The number of aromatic hydroxyl groups is 1. The fourth-order valence-corrected chi connectivity index (χ4v) is 9.20. The number of hydrogen-bond donors (Lipinski definition) is 1. The summed E-state index contributed by atoms with van der Waals surface area (Å²) in [5, 5.41) is 10.8. The van der Waals surface area contributed by atoms with Gasteiger partial charge in [0.2, 0.25) is 0 Å². The number of fused-ring (bicyclic) bond motifs is 1. The Labute approximate surface area is 247 Å². The zero-order valence-corrected chi connectivity index (χ0v) is 28.1. The third-order valence-electron chi connectivity index (χ3n) is 8.55. The Morgan fingerprint density at radius 1 is 0.737 bits per heavy atom. The third-order valence-corrected chi connectivity index (χ3v) is 12.1. The van der Waals surface area contributed by atoms with Gasteiger partial charge in [0, 0.05) is 0 Å². The van der Waals surface area contributed by atoms with E-state index < -0.39 is 0 Å². The minimum absolute atomic E-state index is 0.0387. The summed E-state index contributed by atoms with van der Waals surface area (Å²) < 4.78 is 9.34. The molecule has 220 valence electrons. The molecule has 1 atom stereocenters. The van der Waals surface area contributed by atoms with Crippen molar-refractivity contribution in [3.63, 3.8) is 0 Å². The van der Waals surface area contributed by atoms with Gasteiger partial charge in [0.15, 0.2) is 0 Å². The average molecular weight is 642 g/mol. The van der Waals surface area contributed by atoms with Gasteiger partial charge in [-0.2, -0.15) is 0 Å². The summed E-state index contributed by atoms with van der Waals surface area (Å²) in [6.07, 6.45) is 31.2. The molecule has 38 heavy (non-hydrogen) atoms. The number of phenolic OH excluding ortho intramolecular Hbond substituents is 1. The van der Waals surface area contributed by atoms with Crippen LogP contribution in [-0.4, -0.2) is 31.6 Å². The van der Waals surface area contributed by atoms with Crippen LogP contribution in [0.2, 0.25) is 4.47 Å². The number of aryl methyl sites for hydroxylation is 1. The Bertz CT molecular complexity index is 746. The summed E-state index contributed by atoms with van der Waals surface area (Å²) in [6, 6.07) is 1.98. The van der Waals surface area contributed by atoms with Crippen molar-refractivity contribution in [3.8, 4) is 11.5 Å². The molecule has 1 N–H and O–H groups in total. The third kappa shape index (κ3) is 13.3. The number of hydrogen-bond acceptors (Lipinski definition) is 2. The molecule has 0 aromatic heterocycles. The van der Waals surface area contributed by atoms with E-state index in [1.54, 1.807) is 0 Å². The monoisotopic (exact) mass is 644 g/mol. The van der Waals surface area contributed by atoms with E-state index in [1.165, 1.54) is 142 Å². The van der Waals surface area contributed by atoms with E-state index in [2.05, 4.69) is 27.7 Å². The van der Waals surface area contributed by atoms with Crippen LogP contribution in [0.1, 0.15) is 173 Å². The standard InChI is InChI=1S/C35H62O2Te/c1-5-7-9-11-13-14-15-16-17-18-19-20-21-23-26-35(4)27-25-31-33(37-35)30(3)29-32(36)34(31)38-28-24-22-12-10-8-6-2/h29,36H,5-28H2,1-4H3/t35-/m1/s1. The summed E-state index contributed by atoms with van der Waals surface area (Å²) in [6.45, 7) is 9.03. The van der Waals surface area contributed by atoms with Crippen molar-refractivity contribution in [1.82, 2.24) is 0 Å². The molecule has 0 fully saturated rings. The Morgan fingerprint density at radius 3 is 1.74 bits per heavy atom. The van der Waals surface area contributed by atoms with Gasteiger partial charge >= 0.3 is 190 Å². The van der Waals surface area contributed by atoms with Crippen molar-refractivity contribution in [3.05, 3.63) is 17.2 Å². The van der Waals surface area contributed by atoms with E-state index in [4.69, 9.17) is 4.74 Å². The fourth-order valence-electron chi connectivity index (χ4n) is 5.98. The molecule has 2 rings (SSSR count). The number of benzene rings is 1. The maximum atomic E-state index is 10.8. The molecule has 3 heteroatoms. The van der Waals surface area contributed by atoms with Crippen molar-refractivity contribution in [2.24, 2.45) is 0 Å². The van der Waals surface area contributed by atoms with Gasteiger partial charge in [0.25, 0.3) is 0 Å². The van der Waals surface area contributed by atoms with E-state index in [0.29, 0.717) is 5.75 Å². The zero-order valence-electron chi connectivity index (χ0n) is 25.8. The SMILES string of the molecule is CCCCCCCCCCCCCCCC[C@]1(C)CCc2c(c(C)cc(O)c2[Te]CCCCCCCC)O1. The molecule has 1 heterocycles. The number of phenols is 1. The van der Waals surface area contributed by atoms with Gasteiger partial charge in [-0.05, 0) is 0 Å². The van der Waals surface area contributed by atoms with Gasteiger partial charge in [-0.1, -0.05) is 58.3 Å². The van der Waals surface area contributed by atoms with Crippen LogP contribution in [-0.2, 0) is 6.42 Å². The van der Waals surface area contributed by atoms with Crippen LogP contribution >= 0.6 is 0 Å². The second-order valence-electron chi connectivity index (χ2n) is 12.4. The van der Waals surface area contributed by atoms with Crippen LogP contribution in [0.3, 0.4) is 0 Å². The topological polar surface area (TPSA) is 29.5 Å². The molecule has 0 saturated carbocycles. The summed E-state index contributed by atoms with van der Waals surface area (Å²) in [4.78, 5) is 0. The van der Waals surface area contributed by atoms with Crippen LogP contribution < -0.4 is 8.35 Å². The van der Waals surface area contributed by atoms with Crippen LogP contribution in [0.15, 0.2) is 6.07 Å². The molecule has 2 nitrogen and oxygen atoms in total. The normalized spacial score (nSPS) is 16.9. The number of unbranched alkanes of at least 4 members (excludes halogenated alkanes) is 18. The van der Waals surface area contributed by atoms with Gasteiger partial charge in [0.1, 0.15) is 0 Å². The van der Waals surface area contributed by atoms with E-state index in [-0.39, 0.29) is 26.5 Å². The molecule has 1 aromatic carbocycles. The number of ether oxygens (including phenoxy) is 1. The minimum atomic E-state index is -0.348. The molecule has 0 amide bonds. The molecular formula is C35H62O2Te. The second kappa shape index (κ2) is 20.5. The molecule has 1 aromatic rings. The molecule has 0 radical (unpaired) electrons. The average Bonchev–Trinajstić information content (AvgIpc) is 2.90. The predicted molar refractivity (Wildman–Crippen MR) is 169 cm³/mol. The Balaban J connectivity index is 1.63. The van der Waals surface area contributed by atoms with Gasteiger partial charge in [-0.15, -0.1) is 0 Å². The zero-order chi connectivity index (χ0) is 27.5. The maximum absolute atomic E-state index is 10.8. The summed E-state index contributed by atoms with van der Waals surface area (Å²) in [7, 11) is 0. The van der Waals surface area contributed by atoms with Crippen LogP contribution in [0, 0.1) is 6.92 Å². The molecule has 1 aliphatic rings. The van der Waals surface area contributed by atoms with E-state index >= 15 is 0 Å². The van der Waals surface area contributed by atoms with Crippen molar-refractivity contribution in [2.75, 3.05) is 0 Å². The Kier molecular flexibility index (Phi) is 18.2. The molecule has 0 saturated heterocycles. The Hall–Kier alpha value is -0.390. The van der Waals surface area contributed by atoms with Crippen LogP contribution in [0.25, 0.3) is 0 Å².